The Morgan fingerprint density at radius 1 is 1.17 bits per heavy atom. The molecule has 3 rings (SSSR count). The van der Waals surface area contributed by atoms with Crippen molar-refractivity contribution in [3.63, 3.8) is 0 Å². The highest BCUT2D eigenvalue weighted by Gasteiger charge is 2.13. The number of hydrogen-bond donors (Lipinski definition) is 1. The maximum Gasteiger partial charge on any atom is 0.387 e. The number of thioether (sulfide) groups is 1. The Balaban J connectivity index is 1.41. The second kappa shape index (κ2) is 10.4. The smallest absolute Gasteiger partial charge is 0.387 e. The molecule has 1 amide bonds. The van der Waals surface area contributed by atoms with Gasteiger partial charge in [0.2, 0.25) is 11.8 Å². The first-order valence-corrected chi connectivity index (χ1v) is 10.3. The third-order valence-corrected chi connectivity index (χ3v) is 5.23. The molecule has 0 aliphatic carbocycles. The minimum Gasteiger partial charge on any atom is -0.435 e. The van der Waals surface area contributed by atoms with Crippen molar-refractivity contribution in [3.05, 3.63) is 58.6 Å². The Labute approximate surface area is 178 Å². The number of amides is 1. The molecule has 0 unspecified atom stereocenters. The zero-order valence-electron chi connectivity index (χ0n) is 15.0. The largest absolute Gasteiger partial charge is 0.435 e. The third kappa shape index (κ3) is 6.53. The van der Waals surface area contributed by atoms with Crippen LogP contribution in [0.1, 0.15) is 5.56 Å². The van der Waals surface area contributed by atoms with Gasteiger partial charge in [-0.05, 0) is 52.2 Å². The van der Waals surface area contributed by atoms with Gasteiger partial charge in [-0.3, -0.25) is 4.79 Å². The van der Waals surface area contributed by atoms with Crippen LogP contribution in [0.4, 0.5) is 8.78 Å². The van der Waals surface area contributed by atoms with Crippen LogP contribution in [0.3, 0.4) is 0 Å². The van der Waals surface area contributed by atoms with Crippen LogP contribution in [0.25, 0.3) is 11.5 Å². The van der Waals surface area contributed by atoms with E-state index in [4.69, 9.17) is 4.42 Å². The van der Waals surface area contributed by atoms with Crippen molar-refractivity contribution in [2.24, 2.45) is 0 Å². The number of nitrogens with one attached hydrogen (secondary N) is 1. The number of benzene rings is 2. The van der Waals surface area contributed by atoms with Crippen molar-refractivity contribution in [2.45, 2.75) is 18.3 Å². The molecule has 2 aromatic carbocycles. The van der Waals surface area contributed by atoms with Crippen LogP contribution in [0.5, 0.6) is 5.75 Å². The monoisotopic (exact) mass is 483 g/mol. The first kappa shape index (κ1) is 21.3. The summed E-state index contributed by atoms with van der Waals surface area (Å²) >= 11 is 4.58. The highest BCUT2D eigenvalue weighted by atomic mass is 79.9. The highest BCUT2D eigenvalue weighted by molar-refractivity contribution is 9.10. The molecule has 0 bridgehead atoms. The zero-order valence-corrected chi connectivity index (χ0v) is 17.4. The predicted octanol–water partition coefficient (Wildman–Crippen LogP) is 4.55. The summed E-state index contributed by atoms with van der Waals surface area (Å²) in [6, 6.07) is 13.8. The van der Waals surface area contributed by atoms with Crippen molar-refractivity contribution in [1.82, 2.24) is 15.5 Å². The fourth-order valence-electron chi connectivity index (χ4n) is 2.37. The van der Waals surface area contributed by atoms with Gasteiger partial charge >= 0.3 is 6.61 Å². The van der Waals surface area contributed by atoms with Crippen molar-refractivity contribution < 1.29 is 22.7 Å². The van der Waals surface area contributed by atoms with Gasteiger partial charge in [-0.1, -0.05) is 36.0 Å². The molecular weight excluding hydrogens is 468 g/mol. The molecule has 10 heteroatoms. The minimum atomic E-state index is -2.85. The zero-order chi connectivity index (χ0) is 20.6. The summed E-state index contributed by atoms with van der Waals surface area (Å²) in [6.45, 7) is -2.43. The van der Waals surface area contributed by atoms with Gasteiger partial charge in [-0.25, -0.2) is 0 Å². The fraction of sp³-hybridized carbons (Fsp3) is 0.211. The fourth-order valence-corrected chi connectivity index (χ4v) is 3.42. The van der Waals surface area contributed by atoms with Gasteiger partial charge < -0.3 is 14.5 Å². The van der Waals surface area contributed by atoms with E-state index >= 15 is 0 Å². The number of hydrogen-bond acceptors (Lipinski definition) is 6. The van der Waals surface area contributed by atoms with Crippen molar-refractivity contribution in [2.75, 3.05) is 12.3 Å². The lowest BCUT2D eigenvalue weighted by molar-refractivity contribution is -0.118. The van der Waals surface area contributed by atoms with Crippen LogP contribution < -0.4 is 10.1 Å². The van der Waals surface area contributed by atoms with Crippen molar-refractivity contribution in [3.8, 4) is 17.2 Å². The summed E-state index contributed by atoms with van der Waals surface area (Å²) in [5.74, 6) is 0.442. The van der Waals surface area contributed by atoms with E-state index in [0.29, 0.717) is 24.1 Å². The molecule has 0 saturated carbocycles. The number of rotatable bonds is 9. The number of carbonyl (C=O) groups excluding carboxylic acids is 1. The third-order valence-electron chi connectivity index (χ3n) is 3.72. The first-order chi connectivity index (χ1) is 14.0. The molecule has 3 aromatic rings. The Morgan fingerprint density at radius 2 is 1.93 bits per heavy atom. The van der Waals surface area contributed by atoms with E-state index in [1.165, 1.54) is 12.1 Å². The van der Waals surface area contributed by atoms with Crippen LogP contribution in [0.2, 0.25) is 0 Å². The van der Waals surface area contributed by atoms with Gasteiger partial charge in [0.25, 0.3) is 5.22 Å². The summed E-state index contributed by atoms with van der Waals surface area (Å²) < 4.78 is 35.0. The molecule has 1 aromatic heterocycles. The lowest BCUT2D eigenvalue weighted by Gasteiger charge is -2.07. The van der Waals surface area contributed by atoms with Crippen molar-refractivity contribution >= 4 is 33.6 Å². The Morgan fingerprint density at radius 3 is 2.66 bits per heavy atom. The van der Waals surface area contributed by atoms with E-state index in [-0.39, 0.29) is 17.4 Å². The molecule has 0 radical (unpaired) electrons. The first-order valence-electron chi connectivity index (χ1n) is 8.53. The second-order valence-electron chi connectivity index (χ2n) is 5.76. The summed E-state index contributed by atoms with van der Waals surface area (Å²) in [5.41, 5.74) is 1.68. The maximum atomic E-state index is 12.1. The summed E-state index contributed by atoms with van der Waals surface area (Å²) in [5, 5.41) is 11.0. The Kier molecular flexibility index (Phi) is 7.59. The lowest BCUT2D eigenvalue weighted by Crippen LogP contribution is -2.27. The standard InChI is InChI=1S/C19H16BrF2N3O3S/c20-15-4-2-1-3-14(15)17-24-25-19(28-17)29-11-16(26)23-10-9-12-5-7-13(8-6-12)27-18(21)22/h1-8,18H,9-11H2,(H,23,26). The van der Waals surface area contributed by atoms with E-state index in [1.807, 2.05) is 24.3 Å². The normalized spacial score (nSPS) is 10.9. The molecular formula is C19H16BrF2N3O3S. The summed E-state index contributed by atoms with van der Waals surface area (Å²) in [6.07, 6.45) is 0.568. The van der Waals surface area contributed by atoms with E-state index in [9.17, 15) is 13.6 Å². The SMILES string of the molecule is O=C(CSc1nnc(-c2ccccc2Br)o1)NCCc1ccc(OC(F)F)cc1. The molecule has 0 spiro atoms. The van der Waals surface area contributed by atoms with Gasteiger partial charge in [-0.15, -0.1) is 10.2 Å². The van der Waals surface area contributed by atoms with Gasteiger partial charge in [0.05, 0.1) is 11.3 Å². The number of nitrogens with zero attached hydrogens (tertiary/aromatic N) is 2. The van der Waals surface area contributed by atoms with Crippen LogP contribution >= 0.6 is 27.7 Å². The van der Waals surface area contributed by atoms with Crippen LogP contribution in [0.15, 0.2) is 62.6 Å². The number of halogens is 3. The average Bonchev–Trinajstić information content (AvgIpc) is 3.16. The number of alkyl halides is 2. The molecule has 0 fully saturated rings. The lowest BCUT2D eigenvalue weighted by atomic mass is 10.1. The van der Waals surface area contributed by atoms with Crippen LogP contribution in [0, 0.1) is 0 Å². The molecule has 0 saturated heterocycles. The summed E-state index contributed by atoms with van der Waals surface area (Å²) in [4.78, 5) is 12.0. The Bertz CT molecular complexity index is 954. The molecule has 1 N–H and O–H groups in total. The highest BCUT2D eigenvalue weighted by Crippen LogP contribution is 2.28. The van der Waals surface area contributed by atoms with Crippen LogP contribution in [-0.2, 0) is 11.2 Å². The van der Waals surface area contributed by atoms with Crippen molar-refractivity contribution in [1.29, 1.82) is 0 Å². The van der Waals surface area contributed by atoms with E-state index < -0.39 is 6.61 Å². The maximum absolute atomic E-state index is 12.1. The number of carbonyl (C=O) groups is 1. The predicted molar refractivity (Wildman–Crippen MR) is 108 cm³/mol. The van der Waals surface area contributed by atoms with Gasteiger partial charge in [0.15, 0.2) is 0 Å². The van der Waals surface area contributed by atoms with Gasteiger partial charge in [-0.2, -0.15) is 8.78 Å². The average molecular weight is 484 g/mol. The molecule has 6 nitrogen and oxygen atoms in total. The van der Waals surface area contributed by atoms with E-state index in [0.717, 1.165) is 27.4 Å². The molecule has 152 valence electrons. The van der Waals surface area contributed by atoms with E-state index in [2.05, 4.69) is 36.2 Å². The quantitative estimate of drug-likeness (QED) is 0.449. The minimum absolute atomic E-state index is 0.102. The molecule has 0 aliphatic heterocycles. The Hall–Kier alpha value is -2.46. The second-order valence-corrected chi connectivity index (χ2v) is 7.54. The number of aromatic nitrogens is 2. The van der Waals surface area contributed by atoms with Gasteiger partial charge in [0, 0.05) is 11.0 Å². The van der Waals surface area contributed by atoms with Crippen LogP contribution in [-0.4, -0.2) is 35.0 Å². The molecule has 0 aliphatic rings. The topological polar surface area (TPSA) is 77.2 Å². The molecule has 29 heavy (non-hydrogen) atoms. The summed E-state index contributed by atoms with van der Waals surface area (Å²) in [7, 11) is 0. The van der Waals surface area contributed by atoms with E-state index in [1.54, 1.807) is 12.1 Å². The number of ether oxygens (including phenoxy) is 1. The molecule has 0 atom stereocenters. The van der Waals surface area contributed by atoms with Gasteiger partial charge in [0.1, 0.15) is 5.75 Å². The molecule has 1 heterocycles.